The lowest BCUT2D eigenvalue weighted by molar-refractivity contribution is -0.160. The van der Waals surface area contributed by atoms with Crippen molar-refractivity contribution in [2.24, 2.45) is 0 Å². The van der Waals surface area contributed by atoms with Crippen LogP contribution in [0.1, 0.15) is 27.2 Å². The molecular formula is C8H17NO. The topological polar surface area (TPSA) is 12.5 Å². The maximum atomic E-state index is 5.59. The van der Waals surface area contributed by atoms with Crippen LogP contribution in [0.2, 0.25) is 0 Å². The van der Waals surface area contributed by atoms with Gasteiger partial charge >= 0.3 is 0 Å². The molecule has 1 heterocycles. The van der Waals surface area contributed by atoms with E-state index >= 15 is 0 Å². The van der Waals surface area contributed by atoms with E-state index in [0.717, 1.165) is 13.2 Å². The van der Waals surface area contributed by atoms with Crippen LogP contribution in [0.25, 0.3) is 0 Å². The van der Waals surface area contributed by atoms with Crippen LogP contribution in [-0.4, -0.2) is 30.3 Å². The number of ether oxygens (including phenoxy) is 1. The summed E-state index contributed by atoms with van der Waals surface area (Å²) in [6.45, 7) is 9.64. The van der Waals surface area contributed by atoms with Gasteiger partial charge in [-0.2, -0.15) is 0 Å². The summed E-state index contributed by atoms with van der Waals surface area (Å²) in [4.78, 5) is 2.36. The van der Waals surface area contributed by atoms with Gasteiger partial charge in [-0.25, -0.2) is 0 Å². The van der Waals surface area contributed by atoms with Crippen molar-refractivity contribution in [3.8, 4) is 0 Å². The first-order valence-electron chi connectivity index (χ1n) is 4.06. The Morgan fingerprint density at radius 2 is 2.20 bits per heavy atom. The molecular weight excluding hydrogens is 126 g/mol. The molecule has 60 valence electrons. The monoisotopic (exact) mass is 143 g/mol. The molecule has 0 aliphatic carbocycles. The molecule has 0 unspecified atom stereocenters. The minimum absolute atomic E-state index is 0.0208. The standard InChI is InChI=1S/C8H17NO/c1-4-9-6-5-7-10-8(9,2)3/h4-7H2,1-3H3. The van der Waals surface area contributed by atoms with E-state index < -0.39 is 0 Å². The van der Waals surface area contributed by atoms with Gasteiger partial charge in [0.05, 0.1) is 6.61 Å². The molecule has 0 radical (unpaired) electrons. The van der Waals surface area contributed by atoms with Crippen LogP contribution in [0.4, 0.5) is 0 Å². The van der Waals surface area contributed by atoms with Crippen molar-refractivity contribution in [3.63, 3.8) is 0 Å². The van der Waals surface area contributed by atoms with E-state index in [4.69, 9.17) is 4.74 Å². The molecule has 0 N–H and O–H groups in total. The van der Waals surface area contributed by atoms with Crippen molar-refractivity contribution in [2.45, 2.75) is 32.9 Å². The molecule has 0 atom stereocenters. The van der Waals surface area contributed by atoms with Gasteiger partial charge in [0.1, 0.15) is 5.72 Å². The van der Waals surface area contributed by atoms with E-state index in [9.17, 15) is 0 Å². The van der Waals surface area contributed by atoms with Crippen molar-refractivity contribution in [1.82, 2.24) is 4.90 Å². The molecule has 0 aromatic heterocycles. The van der Waals surface area contributed by atoms with Crippen LogP contribution in [0, 0.1) is 0 Å². The SMILES string of the molecule is CCN1CCCOC1(C)C. The fourth-order valence-corrected chi connectivity index (χ4v) is 1.48. The summed E-state index contributed by atoms with van der Waals surface area (Å²) >= 11 is 0. The summed E-state index contributed by atoms with van der Waals surface area (Å²) in [6.07, 6.45) is 1.18. The molecule has 0 saturated carbocycles. The molecule has 10 heavy (non-hydrogen) atoms. The number of rotatable bonds is 1. The molecule has 1 aliphatic rings. The quantitative estimate of drug-likeness (QED) is 0.551. The summed E-state index contributed by atoms with van der Waals surface area (Å²) in [5.41, 5.74) is -0.0208. The predicted molar refractivity (Wildman–Crippen MR) is 41.9 cm³/mol. The van der Waals surface area contributed by atoms with Gasteiger partial charge in [0.25, 0.3) is 0 Å². The average Bonchev–Trinajstić information content (AvgIpc) is 1.87. The minimum Gasteiger partial charge on any atom is -0.361 e. The van der Waals surface area contributed by atoms with Crippen LogP contribution in [0.15, 0.2) is 0 Å². The molecule has 0 amide bonds. The number of nitrogens with zero attached hydrogens (tertiary/aromatic N) is 1. The zero-order chi connectivity index (χ0) is 7.61. The van der Waals surface area contributed by atoms with Crippen LogP contribution in [0.5, 0.6) is 0 Å². The summed E-state index contributed by atoms with van der Waals surface area (Å²) < 4.78 is 5.59. The normalized spacial score (nSPS) is 26.7. The van der Waals surface area contributed by atoms with Crippen LogP contribution in [0.3, 0.4) is 0 Å². The Hall–Kier alpha value is -0.0800. The zero-order valence-corrected chi connectivity index (χ0v) is 7.18. The van der Waals surface area contributed by atoms with E-state index in [0.29, 0.717) is 0 Å². The molecule has 1 saturated heterocycles. The van der Waals surface area contributed by atoms with Crippen LogP contribution >= 0.6 is 0 Å². The maximum Gasteiger partial charge on any atom is 0.116 e. The first-order chi connectivity index (χ1) is 4.67. The van der Waals surface area contributed by atoms with E-state index in [1.54, 1.807) is 0 Å². The van der Waals surface area contributed by atoms with Gasteiger partial charge in [-0.05, 0) is 26.8 Å². The van der Waals surface area contributed by atoms with Crippen molar-refractivity contribution < 1.29 is 4.74 Å². The average molecular weight is 143 g/mol. The smallest absolute Gasteiger partial charge is 0.116 e. The lowest BCUT2D eigenvalue weighted by atomic mass is 10.2. The van der Waals surface area contributed by atoms with Gasteiger partial charge in [0.15, 0.2) is 0 Å². The Morgan fingerprint density at radius 3 is 2.60 bits per heavy atom. The van der Waals surface area contributed by atoms with Gasteiger partial charge < -0.3 is 4.74 Å². The van der Waals surface area contributed by atoms with Crippen LogP contribution in [-0.2, 0) is 4.74 Å². The highest BCUT2D eigenvalue weighted by Crippen LogP contribution is 2.20. The fourth-order valence-electron chi connectivity index (χ4n) is 1.48. The Balaban J connectivity index is 2.51. The van der Waals surface area contributed by atoms with Crippen LogP contribution < -0.4 is 0 Å². The second-order valence-electron chi connectivity index (χ2n) is 3.23. The van der Waals surface area contributed by atoms with Gasteiger partial charge in [-0.15, -0.1) is 0 Å². The second kappa shape index (κ2) is 2.89. The van der Waals surface area contributed by atoms with Crippen molar-refractivity contribution in [2.75, 3.05) is 19.7 Å². The first kappa shape index (κ1) is 8.02. The largest absolute Gasteiger partial charge is 0.361 e. The van der Waals surface area contributed by atoms with E-state index in [-0.39, 0.29) is 5.72 Å². The Morgan fingerprint density at radius 1 is 1.50 bits per heavy atom. The summed E-state index contributed by atoms with van der Waals surface area (Å²) in [6, 6.07) is 0. The third kappa shape index (κ3) is 1.50. The molecule has 1 aliphatic heterocycles. The fraction of sp³-hybridized carbons (Fsp3) is 1.00. The maximum absolute atomic E-state index is 5.59. The molecule has 0 aromatic rings. The first-order valence-corrected chi connectivity index (χ1v) is 4.06. The summed E-state index contributed by atoms with van der Waals surface area (Å²) in [5.74, 6) is 0. The number of hydrogen-bond donors (Lipinski definition) is 0. The minimum atomic E-state index is -0.0208. The third-order valence-corrected chi connectivity index (χ3v) is 2.17. The summed E-state index contributed by atoms with van der Waals surface area (Å²) in [7, 11) is 0. The third-order valence-electron chi connectivity index (χ3n) is 2.17. The number of hydrogen-bond acceptors (Lipinski definition) is 2. The zero-order valence-electron chi connectivity index (χ0n) is 7.18. The second-order valence-corrected chi connectivity index (χ2v) is 3.23. The van der Waals surface area contributed by atoms with Crippen molar-refractivity contribution >= 4 is 0 Å². The van der Waals surface area contributed by atoms with E-state index in [1.165, 1.54) is 13.0 Å². The molecule has 1 fully saturated rings. The Labute approximate surface area is 63.2 Å². The highest BCUT2D eigenvalue weighted by molar-refractivity contribution is 4.74. The Bertz CT molecular complexity index is 112. The lowest BCUT2D eigenvalue weighted by Gasteiger charge is -2.41. The van der Waals surface area contributed by atoms with Crippen molar-refractivity contribution in [3.05, 3.63) is 0 Å². The predicted octanol–water partition coefficient (Wildman–Crippen LogP) is 1.46. The lowest BCUT2D eigenvalue weighted by Crippen LogP contribution is -2.50. The summed E-state index contributed by atoms with van der Waals surface area (Å²) in [5, 5.41) is 0. The van der Waals surface area contributed by atoms with Crippen molar-refractivity contribution in [1.29, 1.82) is 0 Å². The molecule has 0 bridgehead atoms. The molecule has 0 aromatic carbocycles. The molecule has 2 nitrogen and oxygen atoms in total. The molecule has 0 spiro atoms. The highest BCUT2D eigenvalue weighted by Gasteiger charge is 2.28. The molecule has 2 heteroatoms. The van der Waals surface area contributed by atoms with Gasteiger partial charge in [-0.1, -0.05) is 6.92 Å². The highest BCUT2D eigenvalue weighted by atomic mass is 16.5. The van der Waals surface area contributed by atoms with E-state index in [1.807, 2.05) is 0 Å². The Kier molecular flexibility index (Phi) is 2.32. The van der Waals surface area contributed by atoms with Gasteiger partial charge in [0, 0.05) is 6.54 Å². The van der Waals surface area contributed by atoms with Gasteiger partial charge in [0.2, 0.25) is 0 Å². The molecule has 1 rings (SSSR count). The van der Waals surface area contributed by atoms with E-state index in [2.05, 4.69) is 25.7 Å². The van der Waals surface area contributed by atoms with Gasteiger partial charge in [-0.3, -0.25) is 4.90 Å².